The normalized spacial score (nSPS) is 16.7. The molecule has 1 aliphatic rings. The fourth-order valence-electron chi connectivity index (χ4n) is 3.39. The first-order valence-electron chi connectivity index (χ1n) is 8.05. The lowest BCUT2D eigenvalue weighted by atomic mass is 9.98. The summed E-state index contributed by atoms with van der Waals surface area (Å²) in [5.74, 6) is -0.0490. The van der Waals surface area contributed by atoms with Crippen molar-refractivity contribution in [2.45, 2.75) is 19.9 Å². The van der Waals surface area contributed by atoms with Crippen LogP contribution in [0.3, 0.4) is 0 Å². The third kappa shape index (κ3) is 1.99. The first kappa shape index (κ1) is 14.7. The van der Waals surface area contributed by atoms with Crippen LogP contribution >= 0.6 is 0 Å². The molecule has 0 saturated carbocycles. The van der Waals surface area contributed by atoms with Gasteiger partial charge in [0.25, 0.3) is 5.91 Å². The molecular formula is C20H17NO3. The molecule has 120 valence electrons. The molecular weight excluding hydrogens is 302 g/mol. The van der Waals surface area contributed by atoms with Gasteiger partial charge in [0.05, 0.1) is 17.0 Å². The van der Waals surface area contributed by atoms with Gasteiger partial charge in [0.2, 0.25) is 5.76 Å². The Balaban J connectivity index is 2.03. The van der Waals surface area contributed by atoms with Gasteiger partial charge in [-0.1, -0.05) is 42.0 Å². The average Bonchev–Trinajstić information content (AvgIpc) is 2.88. The Morgan fingerprint density at radius 2 is 1.75 bits per heavy atom. The zero-order chi connectivity index (χ0) is 16.8. The Hall–Kier alpha value is -2.88. The zero-order valence-electron chi connectivity index (χ0n) is 13.6. The molecule has 4 heteroatoms. The van der Waals surface area contributed by atoms with E-state index in [1.165, 1.54) is 0 Å². The predicted molar refractivity (Wildman–Crippen MR) is 92.2 cm³/mol. The Morgan fingerprint density at radius 1 is 1.04 bits per heavy atom. The summed E-state index contributed by atoms with van der Waals surface area (Å²) in [6, 6.07) is 14.6. The van der Waals surface area contributed by atoms with Crippen LogP contribution in [-0.4, -0.2) is 17.4 Å². The molecule has 0 fully saturated rings. The van der Waals surface area contributed by atoms with Gasteiger partial charge >= 0.3 is 0 Å². The van der Waals surface area contributed by atoms with Gasteiger partial charge in [-0.25, -0.2) is 0 Å². The van der Waals surface area contributed by atoms with E-state index in [1.807, 2.05) is 38.1 Å². The summed E-state index contributed by atoms with van der Waals surface area (Å²) < 4.78 is 5.81. The second-order valence-electron chi connectivity index (χ2n) is 6.07. The minimum absolute atomic E-state index is 0.123. The van der Waals surface area contributed by atoms with Crippen molar-refractivity contribution in [1.29, 1.82) is 0 Å². The fraction of sp³-hybridized carbons (Fsp3) is 0.200. The zero-order valence-corrected chi connectivity index (χ0v) is 13.6. The summed E-state index contributed by atoms with van der Waals surface area (Å²) >= 11 is 0. The number of aryl methyl sites for hydroxylation is 1. The van der Waals surface area contributed by atoms with E-state index < -0.39 is 0 Å². The van der Waals surface area contributed by atoms with Gasteiger partial charge in [0.15, 0.2) is 5.43 Å². The molecule has 24 heavy (non-hydrogen) atoms. The predicted octanol–water partition coefficient (Wildman–Crippen LogP) is 3.67. The van der Waals surface area contributed by atoms with Gasteiger partial charge in [-0.3, -0.25) is 9.59 Å². The SMILES string of the molecule is CCN1C(=O)c2oc3ccccc3c(=O)c2C1c1ccc(C)cc1. The van der Waals surface area contributed by atoms with E-state index in [2.05, 4.69) is 0 Å². The smallest absolute Gasteiger partial charge is 0.290 e. The molecule has 2 aromatic carbocycles. The maximum absolute atomic E-state index is 13.0. The second-order valence-corrected chi connectivity index (χ2v) is 6.07. The minimum atomic E-state index is -0.390. The van der Waals surface area contributed by atoms with Crippen molar-refractivity contribution >= 4 is 16.9 Å². The summed E-state index contributed by atoms with van der Waals surface area (Å²) in [6.07, 6.45) is 0. The van der Waals surface area contributed by atoms with Crippen molar-refractivity contribution < 1.29 is 9.21 Å². The first-order chi connectivity index (χ1) is 11.6. The second kappa shape index (κ2) is 5.34. The third-order valence-electron chi connectivity index (χ3n) is 4.61. The van der Waals surface area contributed by atoms with Crippen molar-refractivity contribution in [2.75, 3.05) is 6.54 Å². The summed E-state index contributed by atoms with van der Waals surface area (Å²) in [7, 11) is 0. The molecule has 3 aromatic rings. The number of carbonyl (C=O) groups is 1. The van der Waals surface area contributed by atoms with Crippen LogP contribution in [0, 0.1) is 6.92 Å². The summed E-state index contributed by atoms with van der Waals surface area (Å²) in [5, 5.41) is 0.513. The number of benzene rings is 2. The molecule has 0 N–H and O–H groups in total. The molecule has 0 spiro atoms. The van der Waals surface area contributed by atoms with Crippen LogP contribution in [0.25, 0.3) is 11.0 Å². The number of carbonyl (C=O) groups excluding carboxylic acids is 1. The Labute approximate surface area is 139 Å². The number of hydrogen-bond acceptors (Lipinski definition) is 3. The number of para-hydroxylation sites is 1. The van der Waals surface area contributed by atoms with Crippen LogP contribution in [0.5, 0.6) is 0 Å². The highest BCUT2D eigenvalue weighted by Gasteiger charge is 2.41. The van der Waals surface area contributed by atoms with E-state index in [0.717, 1.165) is 11.1 Å². The van der Waals surface area contributed by atoms with E-state index in [-0.39, 0.29) is 23.1 Å². The van der Waals surface area contributed by atoms with Crippen LogP contribution in [0.2, 0.25) is 0 Å². The van der Waals surface area contributed by atoms with E-state index in [9.17, 15) is 9.59 Å². The van der Waals surface area contributed by atoms with E-state index in [4.69, 9.17) is 4.42 Å². The molecule has 4 rings (SSSR count). The lowest BCUT2D eigenvalue weighted by Crippen LogP contribution is -2.29. The minimum Gasteiger partial charge on any atom is -0.450 e. The lowest BCUT2D eigenvalue weighted by molar-refractivity contribution is 0.0738. The molecule has 2 heterocycles. The van der Waals surface area contributed by atoms with Crippen LogP contribution < -0.4 is 5.43 Å². The highest BCUT2D eigenvalue weighted by molar-refractivity contribution is 5.99. The highest BCUT2D eigenvalue weighted by atomic mass is 16.3. The van der Waals surface area contributed by atoms with Crippen LogP contribution in [0.1, 0.15) is 40.2 Å². The maximum Gasteiger partial charge on any atom is 0.290 e. The van der Waals surface area contributed by atoms with Gasteiger partial charge in [-0.05, 0) is 31.5 Å². The molecule has 1 aliphatic heterocycles. The van der Waals surface area contributed by atoms with E-state index in [1.54, 1.807) is 29.2 Å². The molecule has 1 atom stereocenters. The van der Waals surface area contributed by atoms with Gasteiger partial charge in [-0.15, -0.1) is 0 Å². The maximum atomic E-state index is 13.0. The van der Waals surface area contributed by atoms with Crippen molar-refractivity contribution in [3.63, 3.8) is 0 Å². The molecule has 0 aliphatic carbocycles. The molecule has 1 aromatic heterocycles. The molecule has 0 radical (unpaired) electrons. The standard InChI is InChI=1S/C20H17NO3/c1-3-21-17(13-10-8-12(2)9-11-13)16-18(22)14-6-4-5-7-15(14)24-19(16)20(21)23/h4-11,17H,3H2,1-2H3. The quantitative estimate of drug-likeness (QED) is 0.724. The fourth-order valence-corrected chi connectivity index (χ4v) is 3.39. The van der Waals surface area contributed by atoms with Crippen molar-refractivity contribution in [1.82, 2.24) is 4.90 Å². The van der Waals surface area contributed by atoms with Gasteiger partial charge in [0.1, 0.15) is 5.58 Å². The van der Waals surface area contributed by atoms with Crippen molar-refractivity contribution in [2.24, 2.45) is 0 Å². The van der Waals surface area contributed by atoms with Crippen molar-refractivity contribution in [3.05, 3.63) is 81.2 Å². The monoisotopic (exact) mass is 319 g/mol. The van der Waals surface area contributed by atoms with Gasteiger partial charge in [0, 0.05) is 6.54 Å². The van der Waals surface area contributed by atoms with E-state index >= 15 is 0 Å². The third-order valence-corrected chi connectivity index (χ3v) is 4.61. The number of nitrogens with zero attached hydrogens (tertiary/aromatic N) is 1. The Morgan fingerprint density at radius 3 is 2.46 bits per heavy atom. The number of rotatable bonds is 2. The molecule has 1 amide bonds. The number of hydrogen-bond donors (Lipinski definition) is 0. The van der Waals surface area contributed by atoms with E-state index in [0.29, 0.717) is 23.1 Å². The lowest BCUT2D eigenvalue weighted by Gasteiger charge is -2.23. The van der Waals surface area contributed by atoms with Crippen LogP contribution in [0.4, 0.5) is 0 Å². The molecule has 0 bridgehead atoms. The molecule has 0 saturated heterocycles. The molecule has 1 unspecified atom stereocenters. The summed E-state index contributed by atoms with van der Waals surface area (Å²) in [6.45, 7) is 4.43. The highest BCUT2D eigenvalue weighted by Crippen LogP contribution is 2.37. The Kier molecular flexibility index (Phi) is 3.27. The van der Waals surface area contributed by atoms with Crippen molar-refractivity contribution in [3.8, 4) is 0 Å². The summed E-state index contributed by atoms with van der Waals surface area (Å²) in [5.41, 5.74) is 2.84. The average molecular weight is 319 g/mol. The topological polar surface area (TPSA) is 50.5 Å². The number of amides is 1. The largest absolute Gasteiger partial charge is 0.450 e. The van der Waals surface area contributed by atoms with Crippen LogP contribution in [0.15, 0.2) is 57.7 Å². The molecule has 4 nitrogen and oxygen atoms in total. The van der Waals surface area contributed by atoms with Crippen LogP contribution in [-0.2, 0) is 0 Å². The Bertz CT molecular complexity index is 1000. The van der Waals surface area contributed by atoms with Gasteiger partial charge in [-0.2, -0.15) is 0 Å². The number of fused-ring (bicyclic) bond motifs is 2. The van der Waals surface area contributed by atoms with Gasteiger partial charge < -0.3 is 9.32 Å². The summed E-state index contributed by atoms with van der Waals surface area (Å²) in [4.78, 5) is 27.5. The first-order valence-corrected chi connectivity index (χ1v) is 8.05.